The summed E-state index contributed by atoms with van der Waals surface area (Å²) in [5, 5.41) is 20.5. The second-order valence-electron chi connectivity index (χ2n) is 4.29. The molecule has 0 aliphatic heterocycles. The molecular weight excluding hydrogens is 274 g/mol. The van der Waals surface area contributed by atoms with E-state index in [1.165, 1.54) is 13.2 Å². The number of hydrogen-bond acceptors (Lipinski definition) is 5. The molecule has 0 aliphatic carbocycles. The van der Waals surface area contributed by atoms with Gasteiger partial charge in [0.25, 0.3) is 0 Å². The van der Waals surface area contributed by atoms with Crippen LogP contribution in [0.2, 0.25) is 0 Å². The molecule has 0 fully saturated rings. The van der Waals surface area contributed by atoms with Crippen molar-refractivity contribution < 1.29 is 19.5 Å². The van der Waals surface area contributed by atoms with Gasteiger partial charge in [-0.1, -0.05) is 30.3 Å². The predicted octanol–water partition coefficient (Wildman–Crippen LogP) is 2.67. The van der Waals surface area contributed by atoms with E-state index in [9.17, 15) is 15.2 Å². The van der Waals surface area contributed by atoms with Crippen LogP contribution in [0, 0.1) is 10.1 Å². The number of nitro benzene ring substituents is 1. The molecule has 0 aliphatic rings. The summed E-state index contributed by atoms with van der Waals surface area (Å²) >= 11 is 0. The molecule has 0 saturated heterocycles. The second-order valence-corrected chi connectivity index (χ2v) is 4.29. The van der Waals surface area contributed by atoms with Crippen LogP contribution in [-0.2, 0) is 13.2 Å². The van der Waals surface area contributed by atoms with E-state index in [-0.39, 0.29) is 29.4 Å². The number of aliphatic hydroxyl groups is 1. The molecule has 0 spiro atoms. The first kappa shape index (κ1) is 14.8. The zero-order chi connectivity index (χ0) is 15.2. The van der Waals surface area contributed by atoms with Crippen molar-refractivity contribution in [2.75, 3.05) is 7.11 Å². The summed E-state index contributed by atoms with van der Waals surface area (Å²) in [7, 11) is 1.41. The van der Waals surface area contributed by atoms with Crippen molar-refractivity contribution in [2.45, 2.75) is 13.2 Å². The minimum absolute atomic E-state index is 0.0258. The number of nitro groups is 1. The van der Waals surface area contributed by atoms with Gasteiger partial charge in [0.05, 0.1) is 24.2 Å². The number of methoxy groups -OCH3 is 1. The number of ether oxygens (including phenoxy) is 2. The van der Waals surface area contributed by atoms with Crippen LogP contribution in [0.25, 0.3) is 0 Å². The average Bonchev–Trinajstić information content (AvgIpc) is 2.52. The van der Waals surface area contributed by atoms with Crippen LogP contribution in [0.15, 0.2) is 42.5 Å². The summed E-state index contributed by atoms with van der Waals surface area (Å²) in [5.74, 6) is 0.285. The minimum atomic E-state index is -0.575. The molecule has 21 heavy (non-hydrogen) atoms. The maximum atomic E-state index is 11.2. The summed E-state index contributed by atoms with van der Waals surface area (Å²) < 4.78 is 10.7. The largest absolute Gasteiger partial charge is 0.493 e. The Kier molecular flexibility index (Phi) is 4.73. The molecule has 0 atom stereocenters. The van der Waals surface area contributed by atoms with Crippen LogP contribution in [-0.4, -0.2) is 17.1 Å². The first-order valence-corrected chi connectivity index (χ1v) is 6.29. The molecule has 0 unspecified atom stereocenters. The van der Waals surface area contributed by atoms with Gasteiger partial charge in [0.2, 0.25) is 5.75 Å². The Bertz CT molecular complexity index is 627. The van der Waals surface area contributed by atoms with E-state index < -0.39 is 11.5 Å². The van der Waals surface area contributed by atoms with E-state index in [1.54, 1.807) is 6.07 Å². The minimum Gasteiger partial charge on any atom is -0.493 e. The van der Waals surface area contributed by atoms with Gasteiger partial charge in [-0.2, -0.15) is 0 Å². The third-order valence-corrected chi connectivity index (χ3v) is 2.98. The van der Waals surface area contributed by atoms with E-state index >= 15 is 0 Å². The van der Waals surface area contributed by atoms with Crippen molar-refractivity contribution in [1.29, 1.82) is 0 Å². The van der Waals surface area contributed by atoms with Gasteiger partial charge >= 0.3 is 5.69 Å². The summed E-state index contributed by atoms with van der Waals surface area (Å²) in [4.78, 5) is 10.7. The number of nitrogens with zero attached hydrogens (tertiary/aromatic N) is 1. The smallest absolute Gasteiger partial charge is 0.320 e. The average molecular weight is 289 g/mol. The number of benzene rings is 2. The van der Waals surface area contributed by atoms with Crippen molar-refractivity contribution in [3.63, 3.8) is 0 Å². The first-order chi connectivity index (χ1) is 10.2. The fraction of sp³-hybridized carbons (Fsp3) is 0.200. The van der Waals surface area contributed by atoms with Crippen molar-refractivity contribution >= 4 is 5.69 Å². The fourth-order valence-electron chi connectivity index (χ4n) is 1.95. The van der Waals surface area contributed by atoms with Crippen LogP contribution in [0.4, 0.5) is 5.69 Å². The zero-order valence-electron chi connectivity index (χ0n) is 11.5. The Labute approximate surface area is 121 Å². The number of hydrogen-bond donors (Lipinski definition) is 1. The molecule has 0 amide bonds. The third-order valence-electron chi connectivity index (χ3n) is 2.98. The number of rotatable bonds is 6. The molecule has 0 saturated carbocycles. The van der Waals surface area contributed by atoms with Gasteiger partial charge in [0.1, 0.15) is 6.61 Å². The fourth-order valence-corrected chi connectivity index (χ4v) is 1.95. The molecule has 1 N–H and O–H groups in total. The van der Waals surface area contributed by atoms with E-state index in [0.29, 0.717) is 0 Å². The Balaban J connectivity index is 2.37. The SMILES string of the molecule is COc1ccc(CO)c([N+](=O)[O-])c1OCc1ccccc1. The molecule has 6 heteroatoms. The monoisotopic (exact) mass is 289 g/mol. The molecule has 0 aromatic heterocycles. The summed E-state index contributed by atoms with van der Waals surface area (Å²) in [6, 6.07) is 12.3. The quantitative estimate of drug-likeness (QED) is 0.653. The lowest BCUT2D eigenvalue weighted by Gasteiger charge is -2.12. The van der Waals surface area contributed by atoms with Crippen molar-refractivity contribution in [3.8, 4) is 11.5 Å². The van der Waals surface area contributed by atoms with Crippen LogP contribution >= 0.6 is 0 Å². The van der Waals surface area contributed by atoms with Crippen LogP contribution < -0.4 is 9.47 Å². The number of aliphatic hydroxyl groups excluding tert-OH is 1. The summed E-state index contributed by atoms with van der Waals surface area (Å²) in [6.45, 7) is -0.269. The lowest BCUT2D eigenvalue weighted by atomic mass is 10.1. The van der Waals surface area contributed by atoms with Crippen LogP contribution in [0.3, 0.4) is 0 Å². The molecular formula is C15H15NO5. The lowest BCUT2D eigenvalue weighted by Crippen LogP contribution is -2.04. The lowest BCUT2D eigenvalue weighted by molar-refractivity contribution is -0.387. The van der Waals surface area contributed by atoms with Crippen LogP contribution in [0.1, 0.15) is 11.1 Å². The van der Waals surface area contributed by atoms with Gasteiger partial charge in [-0.15, -0.1) is 0 Å². The topological polar surface area (TPSA) is 81.8 Å². The summed E-state index contributed by atoms with van der Waals surface area (Å²) in [6.07, 6.45) is 0. The highest BCUT2D eigenvalue weighted by molar-refractivity contribution is 5.60. The standard InChI is InChI=1S/C15H15NO5/c1-20-13-8-7-12(9-17)14(16(18)19)15(13)21-10-11-5-3-2-4-6-11/h2-8,17H,9-10H2,1H3. The highest BCUT2D eigenvalue weighted by atomic mass is 16.6. The molecule has 0 heterocycles. The molecule has 110 valence electrons. The highest BCUT2D eigenvalue weighted by Crippen LogP contribution is 2.40. The van der Waals surface area contributed by atoms with E-state index in [1.807, 2.05) is 30.3 Å². The van der Waals surface area contributed by atoms with Crippen molar-refractivity contribution in [3.05, 3.63) is 63.7 Å². The Morgan fingerprint density at radius 3 is 2.48 bits per heavy atom. The van der Waals surface area contributed by atoms with Crippen molar-refractivity contribution in [1.82, 2.24) is 0 Å². The second kappa shape index (κ2) is 6.71. The molecule has 2 rings (SSSR count). The van der Waals surface area contributed by atoms with Gasteiger partial charge in [0.15, 0.2) is 5.75 Å². The summed E-state index contributed by atoms with van der Waals surface area (Å²) in [5.41, 5.74) is 0.792. The molecule has 0 radical (unpaired) electrons. The van der Waals surface area contributed by atoms with Gasteiger partial charge in [-0.05, 0) is 17.7 Å². The van der Waals surface area contributed by atoms with Crippen LogP contribution in [0.5, 0.6) is 11.5 Å². The van der Waals surface area contributed by atoms with Crippen molar-refractivity contribution in [2.24, 2.45) is 0 Å². The maximum Gasteiger partial charge on any atom is 0.320 e. The Hall–Kier alpha value is -2.60. The highest BCUT2D eigenvalue weighted by Gasteiger charge is 2.25. The Morgan fingerprint density at radius 1 is 1.19 bits per heavy atom. The predicted molar refractivity (Wildman–Crippen MR) is 76.3 cm³/mol. The van der Waals surface area contributed by atoms with Gasteiger partial charge in [-0.3, -0.25) is 10.1 Å². The maximum absolute atomic E-state index is 11.2. The molecule has 2 aromatic rings. The zero-order valence-corrected chi connectivity index (χ0v) is 11.5. The van der Waals surface area contributed by atoms with Gasteiger partial charge in [0, 0.05) is 0 Å². The molecule has 0 bridgehead atoms. The van der Waals surface area contributed by atoms with Gasteiger partial charge < -0.3 is 14.6 Å². The third kappa shape index (κ3) is 3.29. The first-order valence-electron chi connectivity index (χ1n) is 6.29. The molecule has 2 aromatic carbocycles. The van der Waals surface area contributed by atoms with E-state index in [2.05, 4.69) is 0 Å². The normalized spacial score (nSPS) is 10.2. The van der Waals surface area contributed by atoms with E-state index in [0.717, 1.165) is 5.56 Å². The molecule has 6 nitrogen and oxygen atoms in total. The Morgan fingerprint density at radius 2 is 1.90 bits per heavy atom. The van der Waals surface area contributed by atoms with Gasteiger partial charge in [-0.25, -0.2) is 0 Å². The van der Waals surface area contributed by atoms with E-state index in [4.69, 9.17) is 9.47 Å².